The van der Waals surface area contributed by atoms with Crippen LogP contribution in [0.2, 0.25) is 0 Å². The number of hydrogen-bond acceptors (Lipinski definition) is 4. The quantitative estimate of drug-likeness (QED) is 0.262. The Balaban J connectivity index is 1.34. The van der Waals surface area contributed by atoms with E-state index in [0.717, 1.165) is 42.8 Å². The van der Waals surface area contributed by atoms with Gasteiger partial charge >= 0.3 is 0 Å². The molecule has 3 aromatic rings. The van der Waals surface area contributed by atoms with Gasteiger partial charge in [0.15, 0.2) is 5.50 Å². The Labute approximate surface area is 240 Å². The fourth-order valence-corrected chi connectivity index (χ4v) is 6.97. The van der Waals surface area contributed by atoms with Crippen LogP contribution < -0.4 is 10.1 Å². The summed E-state index contributed by atoms with van der Waals surface area (Å²) in [6.07, 6.45) is 6.66. The third-order valence-electron chi connectivity index (χ3n) is 6.99. The molecule has 2 fully saturated rings. The Bertz CT molecular complexity index is 1270. The second-order valence-electron chi connectivity index (χ2n) is 9.64. The van der Waals surface area contributed by atoms with Crippen LogP contribution in [-0.4, -0.2) is 22.3 Å². The molecule has 1 N–H and O–H groups in total. The molecule has 0 aromatic heterocycles. The van der Waals surface area contributed by atoms with Crippen molar-refractivity contribution in [2.24, 2.45) is 5.92 Å². The van der Waals surface area contributed by atoms with E-state index in [-0.39, 0.29) is 17.4 Å². The van der Waals surface area contributed by atoms with E-state index >= 15 is 0 Å². The normalized spacial score (nSPS) is 22.9. The first kappa shape index (κ1) is 26.4. The van der Waals surface area contributed by atoms with Gasteiger partial charge in [0, 0.05) is 16.2 Å². The van der Waals surface area contributed by atoms with Gasteiger partial charge in [0.2, 0.25) is 0 Å². The van der Waals surface area contributed by atoms with E-state index < -0.39 is 0 Å². The summed E-state index contributed by atoms with van der Waals surface area (Å²) >= 11 is 8.73. The zero-order valence-electron chi connectivity index (χ0n) is 20.7. The zero-order valence-corrected chi connectivity index (χ0v) is 24.7. The minimum atomic E-state index is -0.122. The van der Waals surface area contributed by atoms with Crippen LogP contribution in [0.25, 0.3) is 6.08 Å². The number of nitrogens with one attached hydrogen (secondary N) is 1. The molecule has 0 bridgehead atoms. The molecule has 1 saturated carbocycles. The van der Waals surface area contributed by atoms with Crippen molar-refractivity contribution in [2.75, 3.05) is 5.32 Å². The topological polar surface area (TPSA) is 41.6 Å². The first-order chi connectivity index (χ1) is 18.0. The van der Waals surface area contributed by atoms with Crippen molar-refractivity contribution < 1.29 is 9.53 Å². The summed E-state index contributed by atoms with van der Waals surface area (Å²) in [4.78, 5) is 16.6. The number of carbonyl (C=O) groups is 1. The van der Waals surface area contributed by atoms with E-state index in [9.17, 15) is 4.79 Å². The fraction of sp³-hybridized carbons (Fsp3) is 0.300. The Hall–Kier alpha value is -2.22. The van der Waals surface area contributed by atoms with E-state index in [1.165, 1.54) is 19.3 Å². The fourth-order valence-electron chi connectivity index (χ4n) is 4.98. The minimum Gasteiger partial charge on any atom is -0.488 e. The van der Waals surface area contributed by atoms with Gasteiger partial charge in [0.1, 0.15) is 12.4 Å². The molecule has 1 unspecified atom stereocenters. The van der Waals surface area contributed by atoms with Crippen LogP contribution >= 0.6 is 43.6 Å². The van der Waals surface area contributed by atoms with Gasteiger partial charge in [-0.3, -0.25) is 4.79 Å². The lowest BCUT2D eigenvalue weighted by atomic mass is 9.85. The predicted molar refractivity (Wildman–Crippen MR) is 160 cm³/mol. The summed E-state index contributed by atoms with van der Waals surface area (Å²) in [6, 6.07) is 24.5. The molecular formula is C30H30Br2N2O2S. The molecule has 37 heavy (non-hydrogen) atoms. The number of benzene rings is 3. The Morgan fingerprint density at radius 1 is 1.03 bits per heavy atom. The number of nitrogens with zero attached hydrogens (tertiary/aromatic N) is 1. The first-order valence-corrected chi connectivity index (χ1v) is 15.1. The van der Waals surface area contributed by atoms with E-state index in [2.05, 4.69) is 61.1 Å². The van der Waals surface area contributed by atoms with Gasteiger partial charge in [-0.25, -0.2) is 0 Å². The zero-order chi connectivity index (χ0) is 25.8. The standard InChI is InChI=1S/C30H30Br2N2O2S/c1-20-7-5-6-10-26(20)34-29(35)28(37-30(34)33-24-8-3-2-4-9-24)18-22-13-16-27(25(32)17-22)36-19-21-11-14-23(31)15-12-21/h2-4,8-9,11-18,20,26,30,33H,5-7,10,19H2,1H3/b28-18-/t20-,26+,30?/m1/s1. The average molecular weight is 642 g/mol. The number of thioether (sulfide) groups is 1. The number of para-hydroxylation sites is 1. The SMILES string of the molecule is C[C@@H]1CCCC[C@@H]1N1C(=O)/C(=C/c2ccc(OCc3ccc(Br)cc3)c(Br)c2)SC1Nc1ccccc1. The van der Waals surface area contributed by atoms with Crippen LogP contribution in [-0.2, 0) is 11.4 Å². The van der Waals surface area contributed by atoms with Crippen LogP contribution in [0, 0.1) is 5.92 Å². The van der Waals surface area contributed by atoms with Gasteiger partial charge in [-0.2, -0.15) is 0 Å². The molecular weight excluding hydrogens is 612 g/mol. The number of hydrogen-bond donors (Lipinski definition) is 1. The molecule has 1 saturated heterocycles. The molecule has 7 heteroatoms. The molecule has 0 spiro atoms. The maximum atomic E-state index is 13.7. The number of amides is 1. The smallest absolute Gasteiger partial charge is 0.262 e. The van der Waals surface area contributed by atoms with Crippen molar-refractivity contribution >= 4 is 61.3 Å². The van der Waals surface area contributed by atoms with E-state index in [0.29, 0.717) is 12.5 Å². The van der Waals surface area contributed by atoms with E-state index in [4.69, 9.17) is 4.74 Å². The van der Waals surface area contributed by atoms with Crippen molar-refractivity contribution in [3.63, 3.8) is 0 Å². The second kappa shape index (κ2) is 12.1. The number of ether oxygens (including phenoxy) is 1. The molecule has 1 aliphatic heterocycles. The van der Waals surface area contributed by atoms with E-state index in [1.807, 2.05) is 66.7 Å². The summed E-state index contributed by atoms with van der Waals surface area (Å²) in [6.45, 7) is 2.77. The monoisotopic (exact) mass is 640 g/mol. The second-order valence-corrected chi connectivity index (χ2v) is 12.5. The van der Waals surface area contributed by atoms with Crippen LogP contribution in [0.5, 0.6) is 5.75 Å². The molecule has 192 valence electrons. The molecule has 2 aliphatic rings. The molecule has 3 atom stereocenters. The summed E-state index contributed by atoms with van der Waals surface area (Å²) in [5.74, 6) is 1.38. The maximum absolute atomic E-state index is 13.7. The van der Waals surface area contributed by atoms with Gasteiger partial charge in [-0.05, 0) is 88.3 Å². The summed E-state index contributed by atoms with van der Waals surface area (Å²) in [7, 11) is 0. The molecule has 4 nitrogen and oxygen atoms in total. The highest BCUT2D eigenvalue weighted by molar-refractivity contribution is 9.10. The first-order valence-electron chi connectivity index (χ1n) is 12.7. The summed E-state index contributed by atoms with van der Waals surface area (Å²) in [5.41, 5.74) is 2.97. The summed E-state index contributed by atoms with van der Waals surface area (Å²) in [5, 5.41) is 3.61. The highest BCUT2D eigenvalue weighted by Crippen LogP contribution is 2.42. The number of anilines is 1. The average Bonchev–Trinajstić information content (AvgIpc) is 3.19. The van der Waals surface area contributed by atoms with Gasteiger partial charge in [0.05, 0.1) is 9.38 Å². The molecule has 5 rings (SSSR count). The lowest BCUT2D eigenvalue weighted by molar-refractivity contribution is -0.129. The highest BCUT2D eigenvalue weighted by Gasteiger charge is 2.42. The largest absolute Gasteiger partial charge is 0.488 e. The molecule has 1 heterocycles. The third kappa shape index (κ3) is 6.44. The lowest BCUT2D eigenvalue weighted by Crippen LogP contribution is -2.48. The minimum absolute atomic E-state index is 0.115. The Morgan fingerprint density at radius 3 is 2.51 bits per heavy atom. The van der Waals surface area contributed by atoms with Gasteiger partial charge in [-0.15, -0.1) is 0 Å². The van der Waals surface area contributed by atoms with Gasteiger partial charge in [0.25, 0.3) is 5.91 Å². The van der Waals surface area contributed by atoms with Crippen molar-refractivity contribution in [3.8, 4) is 5.75 Å². The van der Waals surface area contributed by atoms with Crippen molar-refractivity contribution in [3.05, 3.63) is 97.8 Å². The van der Waals surface area contributed by atoms with Gasteiger partial charge < -0.3 is 15.0 Å². The Kier molecular flexibility index (Phi) is 8.63. The molecule has 1 amide bonds. The van der Waals surface area contributed by atoms with Crippen LogP contribution in [0.1, 0.15) is 43.7 Å². The van der Waals surface area contributed by atoms with Crippen molar-refractivity contribution in [1.82, 2.24) is 4.90 Å². The van der Waals surface area contributed by atoms with E-state index in [1.54, 1.807) is 11.8 Å². The molecule has 1 aliphatic carbocycles. The molecule has 0 radical (unpaired) electrons. The van der Waals surface area contributed by atoms with Crippen LogP contribution in [0.4, 0.5) is 5.69 Å². The molecule has 3 aromatic carbocycles. The van der Waals surface area contributed by atoms with Crippen LogP contribution in [0.3, 0.4) is 0 Å². The third-order valence-corrected chi connectivity index (χ3v) is 9.25. The highest BCUT2D eigenvalue weighted by atomic mass is 79.9. The number of halogens is 2. The lowest BCUT2D eigenvalue weighted by Gasteiger charge is -2.39. The van der Waals surface area contributed by atoms with Crippen molar-refractivity contribution in [1.29, 1.82) is 0 Å². The van der Waals surface area contributed by atoms with Gasteiger partial charge in [-0.1, -0.05) is 83.9 Å². The predicted octanol–water partition coefficient (Wildman–Crippen LogP) is 8.68. The van der Waals surface area contributed by atoms with Crippen molar-refractivity contribution in [2.45, 2.75) is 50.8 Å². The van der Waals surface area contributed by atoms with Crippen LogP contribution in [0.15, 0.2) is 86.6 Å². The Morgan fingerprint density at radius 2 is 1.78 bits per heavy atom. The summed E-state index contributed by atoms with van der Waals surface area (Å²) < 4.78 is 7.94. The number of rotatable bonds is 7. The number of carbonyl (C=O) groups excluding carboxylic acids is 1. The maximum Gasteiger partial charge on any atom is 0.262 e.